The summed E-state index contributed by atoms with van der Waals surface area (Å²) in [5, 5.41) is 0. The van der Waals surface area contributed by atoms with Gasteiger partial charge in [0, 0.05) is 50.4 Å². The molecule has 1 amide bonds. The first-order valence-corrected chi connectivity index (χ1v) is 12.8. The summed E-state index contributed by atoms with van der Waals surface area (Å²) in [7, 11) is 2.02. The minimum atomic E-state index is -0.00619. The third kappa shape index (κ3) is 3.41. The van der Waals surface area contributed by atoms with E-state index in [2.05, 4.69) is 60.9 Å². The molecule has 0 N–H and O–H groups in total. The van der Waals surface area contributed by atoms with Gasteiger partial charge in [0.1, 0.15) is 0 Å². The van der Waals surface area contributed by atoms with Crippen molar-refractivity contribution in [1.82, 2.24) is 9.80 Å². The summed E-state index contributed by atoms with van der Waals surface area (Å²) in [4.78, 5) is 20.9. The normalized spacial score (nSPS) is 35.9. The largest absolute Gasteiger partial charge is 0.365 e. The Balaban J connectivity index is 1.36. The Bertz CT molecular complexity index is 777. The van der Waals surface area contributed by atoms with Gasteiger partial charge in [0.2, 0.25) is 5.91 Å². The van der Waals surface area contributed by atoms with Crippen molar-refractivity contribution >= 4 is 11.6 Å². The number of likely N-dealkylation sites (tertiary alicyclic amines) is 2. The summed E-state index contributed by atoms with van der Waals surface area (Å²) < 4.78 is 0. The lowest BCUT2D eigenvalue weighted by Crippen LogP contribution is -2.59. The highest BCUT2D eigenvalue weighted by Gasteiger charge is 2.63. The number of anilines is 1. The van der Waals surface area contributed by atoms with Gasteiger partial charge < -0.3 is 14.7 Å². The van der Waals surface area contributed by atoms with E-state index in [0.29, 0.717) is 17.9 Å². The molecule has 1 spiro atoms. The van der Waals surface area contributed by atoms with Crippen LogP contribution >= 0.6 is 0 Å². The molecule has 4 aliphatic rings. The first kappa shape index (κ1) is 21.3. The van der Waals surface area contributed by atoms with E-state index >= 15 is 0 Å². The molecule has 0 aromatic heterocycles. The van der Waals surface area contributed by atoms with Crippen molar-refractivity contribution in [1.29, 1.82) is 0 Å². The predicted octanol–water partition coefficient (Wildman–Crippen LogP) is 4.65. The Kier molecular flexibility index (Phi) is 5.57. The average molecular weight is 424 g/mol. The molecule has 0 bridgehead atoms. The average Bonchev–Trinajstić information content (AvgIpc) is 3.23. The van der Waals surface area contributed by atoms with Gasteiger partial charge in [-0.2, -0.15) is 0 Å². The molecule has 4 nitrogen and oxygen atoms in total. The third-order valence-electron chi connectivity index (χ3n) is 9.71. The van der Waals surface area contributed by atoms with Crippen LogP contribution in [-0.2, 0) is 4.79 Å². The fraction of sp³-hybridized carbons (Fsp3) is 0.741. The van der Waals surface area contributed by atoms with Crippen molar-refractivity contribution in [2.24, 2.45) is 23.7 Å². The summed E-state index contributed by atoms with van der Waals surface area (Å²) in [5.41, 5.74) is 1.30. The second-order valence-corrected chi connectivity index (χ2v) is 11.2. The number of rotatable bonds is 3. The highest BCUT2D eigenvalue weighted by Crippen LogP contribution is 2.53. The molecule has 31 heavy (non-hydrogen) atoms. The van der Waals surface area contributed by atoms with Crippen LogP contribution in [0.15, 0.2) is 30.3 Å². The molecular formula is C27H41N3O. The summed E-state index contributed by atoms with van der Waals surface area (Å²) >= 11 is 0. The van der Waals surface area contributed by atoms with Crippen molar-refractivity contribution in [2.45, 2.75) is 76.9 Å². The SMILES string of the molecule is CC(C)C1CCC(N2CCC3(CC2)C2C(=O)N(C)C(C)C2CN3c2ccccc2)CC1. The maximum Gasteiger partial charge on any atom is 0.228 e. The molecule has 3 aliphatic heterocycles. The quantitative estimate of drug-likeness (QED) is 0.708. The molecule has 1 aromatic carbocycles. The van der Waals surface area contributed by atoms with Crippen LogP contribution in [0.4, 0.5) is 5.69 Å². The first-order chi connectivity index (χ1) is 14.9. The zero-order valence-corrected chi connectivity index (χ0v) is 20.0. The van der Waals surface area contributed by atoms with Gasteiger partial charge in [-0.3, -0.25) is 4.79 Å². The minimum Gasteiger partial charge on any atom is -0.365 e. The van der Waals surface area contributed by atoms with Crippen molar-refractivity contribution in [3.8, 4) is 0 Å². The standard InChI is InChI=1S/C27H41N3O/c1-19(2)21-10-12-22(13-11-21)29-16-14-27(15-17-29)25-24(20(3)28(4)26(25)31)18-30(27)23-8-6-5-7-9-23/h5-9,19-22,24-25H,10-18H2,1-4H3. The maximum absolute atomic E-state index is 13.4. The molecule has 4 fully saturated rings. The van der Waals surface area contributed by atoms with Gasteiger partial charge in [-0.05, 0) is 69.4 Å². The Labute approximate surface area is 189 Å². The van der Waals surface area contributed by atoms with Crippen LogP contribution in [0.1, 0.15) is 59.3 Å². The lowest BCUT2D eigenvalue weighted by atomic mass is 9.72. The molecule has 0 radical (unpaired) electrons. The van der Waals surface area contributed by atoms with Gasteiger partial charge in [-0.1, -0.05) is 32.0 Å². The number of hydrogen-bond donors (Lipinski definition) is 0. The van der Waals surface area contributed by atoms with Gasteiger partial charge in [-0.15, -0.1) is 0 Å². The summed E-state index contributed by atoms with van der Waals surface area (Å²) in [5.74, 6) is 2.75. The zero-order chi connectivity index (χ0) is 21.8. The highest BCUT2D eigenvalue weighted by molar-refractivity contribution is 5.85. The monoisotopic (exact) mass is 423 g/mol. The third-order valence-corrected chi connectivity index (χ3v) is 9.71. The number of fused-ring (bicyclic) bond motifs is 2. The van der Waals surface area contributed by atoms with Gasteiger partial charge in [0.25, 0.3) is 0 Å². The lowest BCUT2D eigenvalue weighted by molar-refractivity contribution is -0.132. The summed E-state index contributed by atoms with van der Waals surface area (Å²) in [6, 6.07) is 12.0. The van der Waals surface area contributed by atoms with Gasteiger partial charge in [-0.25, -0.2) is 0 Å². The van der Waals surface area contributed by atoms with E-state index in [1.165, 1.54) is 31.4 Å². The van der Waals surface area contributed by atoms with E-state index in [4.69, 9.17) is 0 Å². The number of amides is 1. The molecule has 4 heteroatoms. The number of nitrogens with zero attached hydrogens (tertiary/aromatic N) is 3. The number of piperidine rings is 1. The molecule has 1 saturated carbocycles. The zero-order valence-electron chi connectivity index (χ0n) is 20.0. The number of para-hydroxylation sites is 1. The van der Waals surface area contributed by atoms with E-state index in [1.807, 2.05) is 11.9 Å². The van der Waals surface area contributed by atoms with Crippen LogP contribution in [0.5, 0.6) is 0 Å². The number of carbonyl (C=O) groups is 1. The second-order valence-electron chi connectivity index (χ2n) is 11.2. The molecule has 1 aromatic rings. The minimum absolute atomic E-state index is 0.00619. The predicted molar refractivity (Wildman–Crippen MR) is 127 cm³/mol. The van der Waals surface area contributed by atoms with Gasteiger partial charge in [0.05, 0.1) is 11.5 Å². The van der Waals surface area contributed by atoms with E-state index in [-0.39, 0.29) is 11.5 Å². The lowest BCUT2D eigenvalue weighted by Gasteiger charge is -2.50. The Hall–Kier alpha value is -1.55. The number of hydrogen-bond acceptors (Lipinski definition) is 3. The molecule has 3 heterocycles. The number of carbonyl (C=O) groups excluding carboxylic acids is 1. The fourth-order valence-electron chi connectivity index (χ4n) is 7.58. The fourth-order valence-corrected chi connectivity index (χ4v) is 7.58. The Morgan fingerprint density at radius 3 is 2.26 bits per heavy atom. The highest BCUT2D eigenvalue weighted by atomic mass is 16.2. The Morgan fingerprint density at radius 1 is 1.00 bits per heavy atom. The van der Waals surface area contributed by atoms with Crippen LogP contribution in [0, 0.1) is 23.7 Å². The Morgan fingerprint density at radius 2 is 1.65 bits per heavy atom. The van der Waals surface area contributed by atoms with Crippen molar-refractivity contribution in [2.75, 3.05) is 31.6 Å². The summed E-state index contributed by atoms with van der Waals surface area (Å²) in [6.07, 6.45) is 7.77. The van der Waals surface area contributed by atoms with Crippen LogP contribution in [-0.4, -0.2) is 60.0 Å². The van der Waals surface area contributed by atoms with E-state index in [0.717, 1.165) is 50.4 Å². The van der Waals surface area contributed by atoms with Crippen LogP contribution in [0.3, 0.4) is 0 Å². The van der Waals surface area contributed by atoms with Crippen molar-refractivity contribution in [3.05, 3.63) is 30.3 Å². The van der Waals surface area contributed by atoms with E-state index < -0.39 is 0 Å². The molecule has 5 rings (SSSR count). The van der Waals surface area contributed by atoms with Gasteiger partial charge in [0.15, 0.2) is 0 Å². The summed E-state index contributed by atoms with van der Waals surface area (Å²) in [6.45, 7) is 10.4. The smallest absolute Gasteiger partial charge is 0.228 e. The molecule has 3 saturated heterocycles. The number of benzene rings is 1. The van der Waals surface area contributed by atoms with E-state index in [1.54, 1.807) is 0 Å². The maximum atomic E-state index is 13.4. The van der Waals surface area contributed by atoms with Gasteiger partial charge >= 0.3 is 0 Å². The van der Waals surface area contributed by atoms with Crippen LogP contribution < -0.4 is 4.90 Å². The van der Waals surface area contributed by atoms with Crippen LogP contribution in [0.25, 0.3) is 0 Å². The molecule has 3 unspecified atom stereocenters. The topological polar surface area (TPSA) is 26.8 Å². The first-order valence-electron chi connectivity index (χ1n) is 12.8. The van der Waals surface area contributed by atoms with Crippen LogP contribution in [0.2, 0.25) is 0 Å². The van der Waals surface area contributed by atoms with E-state index in [9.17, 15) is 4.79 Å². The van der Waals surface area contributed by atoms with Crippen molar-refractivity contribution in [3.63, 3.8) is 0 Å². The van der Waals surface area contributed by atoms with Crippen molar-refractivity contribution < 1.29 is 4.79 Å². The second kappa shape index (κ2) is 8.10. The molecule has 3 atom stereocenters. The molecular weight excluding hydrogens is 382 g/mol. The molecule has 1 aliphatic carbocycles. The molecule has 170 valence electrons.